The molecular weight excluding hydrogens is 380 g/mol. The molecule has 0 radical (unpaired) electrons. The van der Waals surface area contributed by atoms with Crippen molar-refractivity contribution in [3.05, 3.63) is 53.6 Å². The van der Waals surface area contributed by atoms with Crippen LogP contribution in [0.1, 0.15) is 67.3 Å². The molecule has 1 fully saturated rings. The van der Waals surface area contributed by atoms with Crippen molar-refractivity contribution in [3.8, 4) is 0 Å². The summed E-state index contributed by atoms with van der Waals surface area (Å²) in [7, 11) is 0. The van der Waals surface area contributed by atoms with Gasteiger partial charge in [0.25, 0.3) is 5.91 Å². The van der Waals surface area contributed by atoms with Crippen molar-refractivity contribution in [2.75, 3.05) is 6.54 Å². The number of hydrogen-bond acceptors (Lipinski definition) is 6. The lowest BCUT2D eigenvalue weighted by atomic mass is 9.98. The van der Waals surface area contributed by atoms with E-state index in [2.05, 4.69) is 31.6 Å². The molecule has 2 N–H and O–H groups in total. The first kappa shape index (κ1) is 18.8. The average Bonchev–Trinajstić information content (AvgIpc) is 3.35. The number of hydrogen-bond donors (Lipinski definition) is 2. The summed E-state index contributed by atoms with van der Waals surface area (Å²) in [5.74, 6) is 2.17. The molecule has 0 unspecified atom stereocenters. The first-order chi connectivity index (χ1) is 14.7. The Labute approximate surface area is 174 Å². The number of nitrogens with one attached hydrogen (secondary N) is 2. The van der Waals surface area contributed by atoms with Crippen molar-refractivity contribution < 1.29 is 9.21 Å². The Kier molecular flexibility index (Phi) is 4.98. The van der Waals surface area contributed by atoms with Crippen LogP contribution in [0, 0.1) is 0 Å². The van der Waals surface area contributed by atoms with Crippen LogP contribution in [0.15, 0.2) is 40.5 Å². The summed E-state index contributed by atoms with van der Waals surface area (Å²) in [5.41, 5.74) is 2.81. The van der Waals surface area contributed by atoms with Gasteiger partial charge in [-0.1, -0.05) is 12.1 Å². The molecule has 2 heterocycles. The lowest BCUT2D eigenvalue weighted by Crippen LogP contribution is -2.41. The largest absolute Gasteiger partial charge is 0.423 e. The summed E-state index contributed by atoms with van der Waals surface area (Å²) in [6.07, 6.45) is 7.37. The number of benzene rings is 1. The van der Waals surface area contributed by atoms with Crippen LogP contribution < -0.4 is 5.32 Å². The van der Waals surface area contributed by atoms with Crippen LogP contribution >= 0.6 is 0 Å². The van der Waals surface area contributed by atoms with Crippen molar-refractivity contribution in [1.82, 2.24) is 30.4 Å². The Morgan fingerprint density at radius 2 is 2.13 bits per heavy atom. The van der Waals surface area contributed by atoms with Crippen molar-refractivity contribution in [2.45, 2.75) is 57.5 Å². The molecule has 8 nitrogen and oxygen atoms in total. The van der Waals surface area contributed by atoms with E-state index in [1.165, 1.54) is 0 Å². The predicted molar refractivity (Wildman–Crippen MR) is 112 cm³/mol. The molecule has 0 spiro atoms. The van der Waals surface area contributed by atoms with Crippen molar-refractivity contribution in [2.24, 2.45) is 0 Å². The maximum Gasteiger partial charge on any atom is 0.290 e. The van der Waals surface area contributed by atoms with Gasteiger partial charge in [-0.15, -0.1) is 10.2 Å². The monoisotopic (exact) mass is 406 g/mol. The molecule has 8 heteroatoms. The topological polar surface area (TPSA) is 99.9 Å². The summed E-state index contributed by atoms with van der Waals surface area (Å²) in [6, 6.07) is 7.74. The zero-order valence-corrected chi connectivity index (χ0v) is 17.1. The summed E-state index contributed by atoms with van der Waals surface area (Å²) in [4.78, 5) is 22.7. The van der Waals surface area contributed by atoms with Crippen LogP contribution in [0.4, 0.5) is 0 Å². The zero-order chi connectivity index (χ0) is 20.5. The van der Waals surface area contributed by atoms with Crippen LogP contribution in [0.3, 0.4) is 0 Å². The quantitative estimate of drug-likeness (QED) is 0.623. The third-order valence-electron chi connectivity index (χ3n) is 5.81. The van der Waals surface area contributed by atoms with E-state index in [1.807, 2.05) is 36.1 Å². The van der Waals surface area contributed by atoms with Gasteiger partial charge >= 0.3 is 0 Å². The maximum absolute atomic E-state index is 13.2. The standard InChI is InChI=1S/C22H26N6O2/c1-2-28(22(29)20-24-17-8-3-4-9-18(17)25-20)16-7-5-6-15(12-16)23-13-19-26-27-21(30-19)14-10-11-14/h3-4,8-9,12,14,16,23H,2,5-7,10-11,13H2,1H3,(H,24,25)/t16-/m0/s1. The number of H-pyrrole nitrogens is 1. The molecule has 2 aliphatic rings. The van der Waals surface area contributed by atoms with Crippen LogP contribution in [0.2, 0.25) is 0 Å². The third kappa shape index (κ3) is 3.81. The van der Waals surface area contributed by atoms with Gasteiger partial charge in [0.15, 0.2) is 5.82 Å². The fraction of sp³-hybridized carbons (Fsp3) is 0.455. The number of carbonyl (C=O) groups is 1. The van der Waals surface area contributed by atoms with E-state index in [0.29, 0.717) is 30.7 Å². The van der Waals surface area contributed by atoms with Gasteiger partial charge in [0, 0.05) is 18.2 Å². The van der Waals surface area contributed by atoms with Crippen LogP contribution in [0.25, 0.3) is 11.0 Å². The van der Waals surface area contributed by atoms with Gasteiger partial charge in [0.2, 0.25) is 11.8 Å². The highest BCUT2D eigenvalue weighted by molar-refractivity contribution is 5.94. The molecule has 1 amide bonds. The SMILES string of the molecule is CCN(C(=O)c1nc2ccccc2[nH]1)[C@@H]1C=C(NCc2nnc(C3CC3)o2)CCC1. The van der Waals surface area contributed by atoms with Crippen molar-refractivity contribution in [1.29, 1.82) is 0 Å². The summed E-state index contributed by atoms with van der Waals surface area (Å²) >= 11 is 0. The van der Waals surface area contributed by atoms with Gasteiger partial charge < -0.3 is 19.6 Å². The predicted octanol–water partition coefficient (Wildman–Crippen LogP) is 3.51. The number of nitrogens with zero attached hydrogens (tertiary/aromatic N) is 4. The smallest absolute Gasteiger partial charge is 0.290 e. The highest BCUT2D eigenvalue weighted by Gasteiger charge is 2.29. The van der Waals surface area contributed by atoms with E-state index in [0.717, 1.165) is 54.7 Å². The minimum absolute atomic E-state index is 0.0386. The van der Waals surface area contributed by atoms with E-state index in [9.17, 15) is 4.79 Å². The molecule has 3 aromatic rings. The number of aromatic amines is 1. The molecular formula is C22H26N6O2. The number of likely N-dealkylation sites (N-methyl/N-ethyl adjacent to an activating group) is 1. The number of fused-ring (bicyclic) bond motifs is 1. The first-order valence-corrected chi connectivity index (χ1v) is 10.7. The number of imidazole rings is 1. The highest BCUT2D eigenvalue weighted by Crippen LogP contribution is 2.39. The summed E-state index contributed by atoms with van der Waals surface area (Å²) in [6.45, 7) is 3.15. The first-order valence-electron chi connectivity index (χ1n) is 10.7. The number of amides is 1. The van der Waals surface area contributed by atoms with E-state index in [1.54, 1.807) is 0 Å². The minimum atomic E-state index is -0.0674. The Morgan fingerprint density at radius 1 is 1.27 bits per heavy atom. The average molecular weight is 406 g/mol. The number of allylic oxidation sites excluding steroid dienone is 1. The molecule has 1 saturated carbocycles. The van der Waals surface area contributed by atoms with E-state index in [4.69, 9.17) is 4.42 Å². The van der Waals surface area contributed by atoms with Gasteiger partial charge in [-0.3, -0.25) is 4.79 Å². The van der Waals surface area contributed by atoms with Gasteiger partial charge in [-0.25, -0.2) is 4.98 Å². The zero-order valence-electron chi connectivity index (χ0n) is 17.1. The van der Waals surface area contributed by atoms with Gasteiger partial charge in [-0.2, -0.15) is 0 Å². The molecule has 1 atom stereocenters. The second-order valence-corrected chi connectivity index (χ2v) is 8.01. The number of rotatable bonds is 7. The van der Waals surface area contributed by atoms with Crippen molar-refractivity contribution >= 4 is 16.9 Å². The molecule has 2 aromatic heterocycles. The second kappa shape index (κ2) is 7.93. The Bertz CT molecular complexity index is 1050. The fourth-order valence-corrected chi connectivity index (χ4v) is 4.03. The number of aromatic nitrogens is 4. The van der Waals surface area contributed by atoms with Gasteiger partial charge in [0.1, 0.15) is 0 Å². The maximum atomic E-state index is 13.2. The molecule has 0 bridgehead atoms. The Hall–Kier alpha value is -3.16. The molecule has 0 aliphatic heterocycles. The number of para-hydroxylation sites is 2. The van der Waals surface area contributed by atoms with E-state index in [-0.39, 0.29) is 11.9 Å². The molecule has 156 valence electrons. The fourth-order valence-electron chi connectivity index (χ4n) is 4.03. The molecule has 5 rings (SSSR count). The molecule has 30 heavy (non-hydrogen) atoms. The van der Waals surface area contributed by atoms with Crippen molar-refractivity contribution in [3.63, 3.8) is 0 Å². The number of carbonyl (C=O) groups excluding carboxylic acids is 1. The third-order valence-corrected chi connectivity index (χ3v) is 5.81. The minimum Gasteiger partial charge on any atom is -0.423 e. The summed E-state index contributed by atoms with van der Waals surface area (Å²) in [5, 5.41) is 11.7. The van der Waals surface area contributed by atoms with E-state index < -0.39 is 0 Å². The molecule has 0 saturated heterocycles. The summed E-state index contributed by atoms with van der Waals surface area (Å²) < 4.78 is 5.73. The van der Waals surface area contributed by atoms with Gasteiger partial charge in [-0.05, 0) is 57.2 Å². The van der Waals surface area contributed by atoms with Crippen LogP contribution in [-0.4, -0.2) is 43.6 Å². The second-order valence-electron chi connectivity index (χ2n) is 8.01. The normalized spacial score (nSPS) is 19.0. The van der Waals surface area contributed by atoms with Crippen LogP contribution in [0.5, 0.6) is 0 Å². The van der Waals surface area contributed by atoms with E-state index >= 15 is 0 Å². The Morgan fingerprint density at radius 3 is 2.93 bits per heavy atom. The highest BCUT2D eigenvalue weighted by atomic mass is 16.4. The van der Waals surface area contributed by atoms with Gasteiger partial charge in [0.05, 0.1) is 23.6 Å². The molecule has 1 aromatic carbocycles. The lowest BCUT2D eigenvalue weighted by Gasteiger charge is -2.31. The van der Waals surface area contributed by atoms with Crippen LogP contribution in [-0.2, 0) is 6.54 Å². The Balaban J connectivity index is 1.27. The lowest BCUT2D eigenvalue weighted by molar-refractivity contribution is 0.0700. The molecule has 2 aliphatic carbocycles.